The van der Waals surface area contributed by atoms with Gasteiger partial charge in [-0.15, -0.1) is 0 Å². The topological polar surface area (TPSA) is 72.0 Å². The van der Waals surface area contributed by atoms with Gasteiger partial charge in [-0.3, -0.25) is 4.79 Å². The fraction of sp³-hybridized carbons (Fsp3) is 0.250. The highest BCUT2D eigenvalue weighted by molar-refractivity contribution is 7.80. The standard InChI is InChI=1S/C20H23N3O3S/c1-3-26-19(24)14-21-20(27)23-18(22-16-7-5-4-6-8-16)13-15-9-11-17(25-2)12-10-15/h4-12H,3,13-14H2,1-2H3,(H2,21,22,23,27). The van der Waals surface area contributed by atoms with E-state index in [1.54, 1.807) is 14.0 Å². The molecule has 0 bridgehead atoms. The summed E-state index contributed by atoms with van der Waals surface area (Å²) in [6.45, 7) is 2.07. The van der Waals surface area contributed by atoms with Crippen molar-refractivity contribution in [3.05, 3.63) is 60.2 Å². The molecule has 0 heterocycles. The maximum atomic E-state index is 11.5. The second-order valence-corrected chi connectivity index (χ2v) is 5.92. The number of ether oxygens (including phenoxy) is 2. The third-order valence-electron chi connectivity index (χ3n) is 3.52. The average Bonchev–Trinajstić information content (AvgIpc) is 2.68. The number of methoxy groups -OCH3 is 1. The van der Waals surface area contributed by atoms with Crippen LogP contribution in [0.3, 0.4) is 0 Å². The largest absolute Gasteiger partial charge is 0.497 e. The van der Waals surface area contributed by atoms with Crippen LogP contribution in [0.25, 0.3) is 0 Å². The first-order valence-corrected chi connectivity index (χ1v) is 8.97. The molecule has 0 saturated carbocycles. The molecule has 0 spiro atoms. The lowest BCUT2D eigenvalue weighted by Gasteiger charge is -2.12. The molecule has 0 amide bonds. The van der Waals surface area contributed by atoms with Gasteiger partial charge < -0.3 is 20.1 Å². The van der Waals surface area contributed by atoms with Crippen LogP contribution < -0.4 is 15.4 Å². The van der Waals surface area contributed by atoms with Crippen molar-refractivity contribution in [3.8, 4) is 5.75 Å². The van der Waals surface area contributed by atoms with Crippen LogP contribution >= 0.6 is 12.2 Å². The molecule has 0 aliphatic carbocycles. The Balaban J connectivity index is 2.10. The zero-order chi connectivity index (χ0) is 19.5. The molecule has 2 N–H and O–H groups in total. The van der Waals surface area contributed by atoms with Gasteiger partial charge in [0.25, 0.3) is 0 Å². The van der Waals surface area contributed by atoms with E-state index < -0.39 is 0 Å². The number of esters is 1. The second-order valence-electron chi connectivity index (χ2n) is 5.54. The highest BCUT2D eigenvalue weighted by Gasteiger charge is 2.07. The van der Waals surface area contributed by atoms with Crippen LogP contribution in [0.15, 0.2) is 59.6 Å². The Morgan fingerprint density at radius 2 is 1.81 bits per heavy atom. The summed E-state index contributed by atoms with van der Waals surface area (Å²) in [5.41, 5.74) is 1.95. The summed E-state index contributed by atoms with van der Waals surface area (Å²) in [5, 5.41) is 6.29. The maximum Gasteiger partial charge on any atom is 0.325 e. The van der Waals surface area contributed by atoms with E-state index in [4.69, 9.17) is 21.7 Å². The lowest BCUT2D eigenvalue weighted by Crippen LogP contribution is -2.30. The number of nitrogens with one attached hydrogen (secondary N) is 2. The first-order valence-electron chi connectivity index (χ1n) is 8.56. The summed E-state index contributed by atoms with van der Waals surface area (Å²) in [6, 6.07) is 17.4. The van der Waals surface area contributed by atoms with Gasteiger partial charge in [0.1, 0.15) is 18.1 Å². The van der Waals surface area contributed by atoms with Crippen molar-refractivity contribution in [2.24, 2.45) is 4.99 Å². The van der Waals surface area contributed by atoms with Gasteiger partial charge in [-0.1, -0.05) is 30.3 Å². The number of anilines is 1. The number of para-hydroxylation sites is 1. The molecule has 0 aliphatic rings. The summed E-state index contributed by atoms with van der Waals surface area (Å²) >= 11 is 5.24. The molecule has 27 heavy (non-hydrogen) atoms. The van der Waals surface area contributed by atoms with E-state index in [-0.39, 0.29) is 17.6 Å². The molecular formula is C20H23N3O3S. The van der Waals surface area contributed by atoms with Gasteiger partial charge in [0.05, 0.1) is 13.7 Å². The van der Waals surface area contributed by atoms with Crippen LogP contribution in [0.4, 0.5) is 5.69 Å². The Morgan fingerprint density at radius 3 is 2.44 bits per heavy atom. The van der Waals surface area contributed by atoms with Crippen LogP contribution in [0, 0.1) is 0 Å². The van der Waals surface area contributed by atoms with Crippen molar-refractivity contribution >= 4 is 34.8 Å². The van der Waals surface area contributed by atoms with Crippen molar-refractivity contribution < 1.29 is 14.3 Å². The van der Waals surface area contributed by atoms with E-state index in [0.717, 1.165) is 17.0 Å². The van der Waals surface area contributed by atoms with Crippen molar-refractivity contribution in [2.75, 3.05) is 25.6 Å². The summed E-state index contributed by atoms with van der Waals surface area (Å²) in [4.78, 5) is 15.9. The summed E-state index contributed by atoms with van der Waals surface area (Å²) in [6.07, 6.45) is 0.542. The predicted molar refractivity (Wildman–Crippen MR) is 111 cm³/mol. The summed E-state index contributed by atoms with van der Waals surface area (Å²) < 4.78 is 10.1. The lowest BCUT2D eigenvalue weighted by molar-refractivity contribution is -0.141. The van der Waals surface area contributed by atoms with E-state index in [1.807, 2.05) is 54.6 Å². The molecule has 142 valence electrons. The Bertz CT molecular complexity index is 777. The summed E-state index contributed by atoms with van der Waals surface area (Å²) in [5.74, 6) is 1.08. The monoisotopic (exact) mass is 385 g/mol. The number of rotatable bonds is 7. The zero-order valence-corrected chi connectivity index (χ0v) is 16.2. The Morgan fingerprint density at radius 1 is 1.11 bits per heavy atom. The molecule has 2 aromatic rings. The fourth-order valence-electron chi connectivity index (χ4n) is 2.26. The number of carbonyl (C=O) groups is 1. The Hall–Kier alpha value is -2.93. The molecule has 0 aromatic heterocycles. The number of amidine groups is 1. The van der Waals surface area contributed by atoms with Gasteiger partial charge in [0.2, 0.25) is 0 Å². The fourth-order valence-corrected chi connectivity index (χ4v) is 2.44. The van der Waals surface area contributed by atoms with Gasteiger partial charge in [-0.25, -0.2) is 4.99 Å². The minimum atomic E-state index is -0.372. The SMILES string of the molecule is CCOC(=O)CNC(=S)/N=C(\Cc1ccc(OC)cc1)Nc1ccccc1. The quantitative estimate of drug-likeness (QED) is 0.330. The molecule has 0 fully saturated rings. The van der Waals surface area contributed by atoms with Crippen LogP contribution in [0.1, 0.15) is 12.5 Å². The number of nitrogens with zero attached hydrogens (tertiary/aromatic N) is 1. The highest BCUT2D eigenvalue weighted by Crippen LogP contribution is 2.13. The first-order chi connectivity index (χ1) is 13.1. The van der Waals surface area contributed by atoms with Crippen molar-refractivity contribution in [3.63, 3.8) is 0 Å². The van der Waals surface area contributed by atoms with E-state index in [0.29, 0.717) is 18.9 Å². The maximum absolute atomic E-state index is 11.5. The molecule has 2 rings (SSSR count). The number of hydrogen-bond donors (Lipinski definition) is 2. The van der Waals surface area contributed by atoms with Gasteiger partial charge in [-0.05, 0) is 49.0 Å². The van der Waals surface area contributed by atoms with Crippen LogP contribution in [0.2, 0.25) is 0 Å². The average molecular weight is 385 g/mol. The number of thiocarbonyl (C=S) groups is 1. The number of aliphatic imine (C=N–C) groups is 1. The Labute approximate surface area is 164 Å². The van der Waals surface area contributed by atoms with Gasteiger partial charge in [0, 0.05) is 12.1 Å². The molecule has 0 radical (unpaired) electrons. The summed E-state index contributed by atoms with van der Waals surface area (Å²) in [7, 11) is 1.63. The smallest absolute Gasteiger partial charge is 0.325 e. The second kappa shape index (κ2) is 10.9. The molecule has 6 nitrogen and oxygen atoms in total. The number of carbonyl (C=O) groups excluding carboxylic acids is 1. The molecule has 2 aromatic carbocycles. The third-order valence-corrected chi connectivity index (χ3v) is 3.75. The molecule has 7 heteroatoms. The predicted octanol–water partition coefficient (Wildman–Crippen LogP) is 3.19. The third kappa shape index (κ3) is 7.45. The van der Waals surface area contributed by atoms with Crippen LogP contribution in [-0.2, 0) is 16.0 Å². The van der Waals surface area contributed by atoms with Crippen LogP contribution in [-0.4, -0.2) is 37.2 Å². The molecule has 0 atom stereocenters. The van der Waals surface area contributed by atoms with E-state index in [1.165, 1.54) is 0 Å². The number of benzene rings is 2. The van der Waals surface area contributed by atoms with E-state index >= 15 is 0 Å². The van der Waals surface area contributed by atoms with Gasteiger partial charge in [0.15, 0.2) is 5.11 Å². The molecule has 0 saturated heterocycles. The zero-order valence-electron chi connectivity index (χ0n) is 15.4. The minimum Gasteiger partial charge on any atom is -0.497 e. The first kappa shape index (κ1) is 20.4. The highest BCUT2D eigenvalue weighted by atomic mass is 32.1. The van der Waals surface area contributed by atoms with Crippen molar-refractivity contribution in [1.82, 2.24) is 5.32 Å². The normalized spacial score (nSPS) is 10.8. The number of hydrogen-bond acceptors (Lipinski definition) is 4. The van der Waals surface area contributed by atoms with Gasteiger partial charge in [-0.2, -0.15) is 0 Å². The van der Waals surface area contributed by atoms with Crippen molar-refractivity contribution in [2.45, 2.75) is 13.3 Å². The van der Waals surface area contributed by atoms with Crippen LogP contribution in [0.5, 0.6) is 5.75 Å². The van der Waals surface area contributed by atoms with Crippen molar-refractivity contribution in [1.29, 1.82) is 0 Å². The molecular weight excluding hydrogens is 362 g/mol. The van der Waals surface area contributed by atoms with E-state index in [9.17, 15) is 4.79 Å². The molecule has 0 aliphatic heterocycles. The minimum absolute atomic E-state index is 0.0165. The van der Waals surface area contributed by atoms with Gasteiger partial charge >= 0.3 is 5.97 Å². The molecule has 0 unspecified atom stereocenters. The van der Waals surface area contributed by atoms with E-state index in [2.05, 4.69) is 15.6 Å². The lowest BCUT2D eigenvalue weighted by atomic mass is 10.1. The Kier molecular flexibility index (Phi) is 8.25.